The van der Waals surface area contributed by atoms with E-state index < -0.39 is 0 Å². The van der Waals surface area contributed by atoms with Crippen molar-refractivity contribution in [3.63, 3.8) is 0 Å². The lowest BCUT2D eigenvalue weighted by atomic mass is 10.1. The van der Waals surface area contributed by atoms with E-state index in [1.54, 1.807) is 38.5 Å². The molecule has 1 N–H and O–H groups in total. The van der Waals surface area contributed by atoms with Gasteiger partial charge < -0.3 is 14.8 Å². The van der Waals surface area contributed by atoms with Crippen molar-refractivity contribution in [2.45, 2.75) is 6.92 Å². The fourth-order valence-electron chi connectivity index (χ4n) is 2.45. The Balaban J connectivity index is 1.89. The van der Waals surface area contributed by atoms with Crippen LogP contribution in [-0.2, 0) is 4.79 Å². The van der Waals surface area contributed by atoms with Gasteiger partial charge in [-0.15, -0.1) is 0 Å². The Morgan fingerprint density at radius 1 is 1.07 bits per heavy atom. The fourth-order valence-corrected chi connectivity index (χ4v) is 3.57. The van der Waals surface area contributed by atoms with E-state index in [-0.39, 0.29) is 5.91 Å². The highest BCUT2D eigenvalue weighted by atomic mass is 35.5. The molecule has 0 spiro atoms. The summed E-state index contributed by atoms with van der Waals surface area (Å²) in [7, 11) is 3.16. The monoisotopic (exact) mass is 422 g/mol. The summed E-state index contributed by atoms with van der Waals surface area (Å²) in [5.41, 5.74) is 2.43. The van der Waals surface area contributed by atoms with Crippen molar-refractivity contribution in [2.75, 3.05) is 14.2 Å². The highest BCUT2D eigenvalue weighted by Crippen LogP contribution is 2.34. The van der Waals surface area contributed by atoms with Crippen LogP contribution < -0.4 is 14.8 Å². The molecule has 27 heavy (non-hydrogen) atoms. The van der Waals surface area contributed by atoms with Crippen LogP contribution in [0.25, 0.3) is 6.08 Å². The largest absolute Gasteiger partial charge is 0.493 e. The van der Waals surface area contributed by atoms with Gasteiger partial charge in [-0.1, -0.05) is 23.2 Å². The molecule has 3 rings (SSSR count). The lowest BCUT2D eigenvalue weighted by Crippen LogP contribution is -2.19. The second kappa shape index (κ2) is 8.25. The zero-order valence-corrected chi connectivity index (χ0v) is 17.1. The number of carbonyl (C=O) groups is 1. The average molecular weight is 423 g/mol. The van der Waals surface area contributed by atoms with Crippen LogP contribution in [0.1, 0.15) is 11.1 Å². The summed E-state index contributed by atoms with van der Waals surface area (Å²) in [5, 5.41) is 4.08. The minimum atomic E-state index is -0.215. The van der Waals surface area contributed by atoms with E-state index in [0.717, 1.165) is 11.1 Å². The summed E-state index contributed by atoms with van der Waals surface area (Å²) >= 11 is 13.2. The Morgan fingerprint density at radius 2 is 1.78 bits per heavy atom. The summed E-state index contributed by atoms with van der Waals surface area (Å²) in [4.78, 5) is 17.2. The summed E-state index contributed by atoms with van der Waals surface area (Å²) < 4.78 is 10.6. The summed E-state index contributed by atoms with van der Waals surface area (Å²) in [6.07, 6.45) is 1.80. The van der Waals surface area contributed by atoms with Crippen molar-refractivity contribution in [3.05, 3.63) is 56.4 Å². The SMILES string of the molecule is COc1cc(C)c(/C=C2\SC(=Nc3ccc(Cl)c(Cl)c3)NC2=O)cc1OC. The molecule has 0 aliphatic carbocycles. The van der Waals surface area contributed by atoms with Crippen molar-refractivity contribution in [3.8, 4) is 11.5 Å². The number of carbonyl (C=O) groups excluding carboxylic acids is 1. The molecule has 0 saturated carbocycles. The Hall–Kier alpha value is -2.15. The molecular weight excluding hydrogens is 407 g/mol. The number of ether oxygens (including phenoxy) is 2. The molecule has 0 bridgehead atoms. The first-order valence-electron chi connectivity index (χ1n) is 7.88. The van der Waals surface area contributed by atoms with E-state index in [4.69, 9.17) is 32.7 Å². The number of hydrogen-bond acceptors (Lipinski definition) is 5. The van der Waals surface area contributed by atoms with Gasteiger partial charge in [0.1, 0.15) is 0 Å². The number of amides is 1. The number of nitrogens with zero attached hydrogens (tertiary/aromatic N) is 1. The van der Waals surface area contributed by atoms with Crippen molar-refractivity contribution in [1.82, 2.24) is 5.32 Å². The molecule has 1 fully saturated rings. The van der Waals surface area contributed by atoms with Gasteiger partial charge >= 0.3 is 0 Å². The predicted octanol–water partition coefficient (Wildman–Crippen LogP) is 5.21. The Kier molecular flexibility index (Phi) is 5.99. The molecule has 140 valence electrons. The molecule has 1 aliphatic rings. The average Bonchev–Trinajstić information content (AvgIpc) is 2.98. The molecule has 1 aliphatic heterocycles. The van der Waals surface area contributed by atoms with E-state index in [1.165, 1.54) is 11.8 Å². The molecule has 5 nitrogen and oxygen atoms in total. The minimum Gasteiger partial charge on any atom is -0.493 e. The standard InChI is InChI=1S/C19H16Cl2N2O3S/c1-10-6-15(25-2)16(26-3)7-11(10)8-17-18(24)23-19(27-17)22-12-4-5-13(20)14(21)9-12/h4-9H,1-3H3,(H,22,23,24)/b17-8-. The smallest absolute Gasteiger partial charge is 0.264 e. The number of hydrogen-bond donors (Lipinski definition) is 1. The highest BCUT2D eigenvalue weighted by Gasteiger charge is 2.24. The third kappa shape index (κ3) is 4.40. The first-order chi connectivity index (χ1) is 12.9. The topological polar surface area (TPSA) is 59.9 Å². The van der Waals surface area contributed by atoms with E-state index in [0.29, 0.717) is 37.3 Å². The zero-order chi connectivity index (χ0) is 19.6. The zero-order valence-electron chi connectivity index (χ0n) is 14.8. The predicted molar refractivity (Wildman–Crippen MR) is 112 cm³/mol. The minimum absolute atomic E-state index is 0.215. The van der Waals surface area contributed by atoms with Crippen LogP contribution in [0.4, 0.5) is 5.69 Å². The maximum Gasteiger partial charge on any atom is 0.264 e. The van der Waals surface area contributed by atoms with Gasteiger partial charge in [0.15, 0.2) is 16.7 Å². The number of aliphatic imine (C=N–C) groups is 1. The number of nitrogens with one attached hydrogen (secondary N) is 1. The second-order valence-corrected chi connectivity index (χ2v) is 7.49. The van der Waals surface area contributed by atoms with Crippen molar-refractivity contribution in [1.29, 1.82) is 0 Å². The molecule has 2 aromatic rings. The summed E-state index contributed by atoms with van der Waals surface area (Å²) in [5.74, 6) is 1.03. The van der Waals surface area contributed by atoms with Crippen LogP contribution in [0.15, 0.2) is 40.2 Å². The molecule has 1 saturated heterocycles. The van der Waals surface area contributed by atoms with Crippen molar-refractivity contribution in [2.24, 2.45) is 4.99 Å². The van der Waals surface area contributed by atoms with E-state index >= 15 is 0 Å². The number of rotatable bonds is 4. The lowest BCUT2D eigenvalue weighted by molar-refractivity contribution is -0.115. The molecule has 0 unspecified atom stereocenters. The Morgan fingerprint density at radius 3 is 2.44 bits per heavy atom. The number of amidine groups is 1. The molecule has 0 atom stereocenters. The number of thioether (sulfide) groups is 1. The van der Waals surface area contributed by atoms with Crippen molar-refractivity contribution >= 4 is 57.8 Å². The van der Waals surface area contributed by atoms with Gasteiger partial charge in [0, 0.05) is 0 Å². The number of methoxy groups -OCH3 is 2. The molecule has 0 aromatic heterocycles. The summed E-state index contributed by atoms with van der Waals surface area (Å²) in [6, 6.07) is 8.74. The van der Waals surface area contributed by atoms with Crippen molar-refractivity contribution < 1.29 is 14.3 Å². The van der Waals surface area contributed by atoms with Gasteiger partial charge in [-0.2, -0.15) is 0 Å². The highest BCUT2D eigenvalue weighted by molar-refractivity contribution is 8.18. The molecule has 1 heterocycles. The van der Waals surface area contributed by atoms with Crippen LogP contribution in [0.5, 0.6) is 11.5 Å². The number of aryl methyl sites for hydroxylation is 1. The second-order valence-electron chi connectivity index (χ2n) is 5.64. The maximum absolute atomic E-state index is 12.3. The third-order valence-corrected chi connectivity index (χ3v) is 5.49. The molecule has 1 amide bonds. The number of halogens is 2. The Labute approximate surface area is 171 Å². The first kappa shape index (κ1) is 19.6. The van der Waals surface area contributed by atoms with Gasteiger partial charge in [-0.25, -0.2) is 4.99 Å². The van der Waals surface area contributed by atoms with Crippen LogP contribution in [0.3, 0.4) is 0 Å². The van der Waals surface area contributed by atoms with Gasteiger partial charge in [-0.3, -0.25) is 4.79 Å². The summed E-state index contributed by atoms with van der Waals surface area (Å²) in [6.45, 7) is 1.94. The maximum atomic E-state index is 12.3. The van der Waals surface area contributed by atoms with Gasteiger partial charge in [0.2, 0.25) is 0 Å². The third-order valence-electron chi connectivity index (χ3n) is 3.84. The van der Waals surface area contributed by atoms with E-state index in [9.17, 15) is 4.79 Å². The lowest BCUT2D eigenvalue weighted by Gasteiger charge is -2.10. The van der Waals surface area contributed by atoms with Gasteiger partial charge in [-0.05, 0) is 66.2 Å². The quantitative estimate of drug-likeness (QED) is 0.686. The van der Waals surface area contributed by atoms with Gasteiger partial charge in [0.05, 0.1) is 34.9 Å². The molecule has 2 aromatic carbocycles. The van der Waals surface area contributed by atoms with Crippen LogP contribution in [-0.4, -0.2) is 25.3 Å². The first-order valence-corrected chi connectivity index (χ1v) is 9.45. The molecular formula is C19H16Cl2N2O3S. The van der Waals surface area contributed by atoms with E-state index in [1.807, 2.05) is 19.1 Å². The van der Waals surface area contributed by atoms with Crippen LogP contribution in [0, 0.1) is 6.92 Å². The fraction of sp³-hybridized carbons (Fsp3) is 0.158. The molecule has 8 heteroatoms. The molecule has 0 radical (unpaired) electrons. The number of benzene rings is 2. The normalized spacial score (nSPS) is 16.7. The van der Waals surface area contributed by atoms with Crippen LogP contribution in [0.2, 0.25) is 10.0 Å². The Bertz CT molecular complexity index is 974. The van der Waals surface area contributed by atoms with E-state index in [2.05, 4.69) is 10.3 Å². The van der Waals surface area contributed by atoms with Gasteiger partial charge in [0.25, 0.3) is 5.91 Å². The van der Waals surface area contributed by atoms with Crippen LogP contribution >= 0.6 is 35.0 Å².